The van der Waals surface area contributed by atoms with Crippen molar-refractivity contribution in [2.24, 2.45) is 10.7 Å². The van der Waals surface area contributed by atoms with Gasteiger partial charge in [0.05, 0.1) is 11.4 Å². The van der Waals surface area contributed by atoms with E-state index >= 15 is 0 Å². The molecular formula is C16H28N4O2S. The highest BCUT2D eigenvalue weighted by Crippen LogP contribution is 2.17. The molecule has 0 aliphatic heterocycles. The van der Waals surface area contributed by atoms with E-state index in [9.17, 15) is 8.42 Å². The Morgan fingerprint density at radius 2 is 1.70 bits per heavy atom. The molecule has 1 aromatic carbocycles. The predicted octanol–water partition coefficient (Wildman–Crippen LogP) is 1.87. The summed E-state index contributed by atoms with van der Waals surface area (Å²) >= 11 is 0. The number of hydrogen-bond acceptors (Lipinski definition) is 3. The largest absolute Gasteiger partial charge is 0.370 e. The molecule has 0 amide bonds. The van der Waals surface area contributed by atoms with Gasteiger partial charge in [0, 0.05) is 26.2 Å². The molecule has 0 spiro atoms. The topological polar surface area (TPSA) is 79.0 Å². The minimum atomic E-state index is -3.44. The van der Waals surface area contributed by atoms with E-state index in [1.807, 2.05) is 32.6 Å². The summed E-state index contributed by atoms with van der Waals surface area (Å²) in [7, 11) is -1.86. The minimum Gasteiger partial charge on any atom is -0.370 e. The van der Waals surface area contributed by atoms with Crippen LogP contribution in [0.3, 0.4) is 0 Å². The molecule has 1 aromatic rings. The normalized spacial score (nSPS) is 12.9. The molecule has 0 radical (unpaired) electrons. The SMILES string of the molecule is CCN(CC)C(N)=NCc1ccc(S(=O)(=O)N(C)C(C)C)cc1. The summed E-state index contributed by atoms with van der Waals surface area (Å²) in [4.78, 5) is 6.61. The van der Waals surface area contributed by atoms with E-state index in [2.05, 4.69) is 4.99 Å². The van der Waals surface area contributed by atoms with Crippen molar-refractivity contribution < 1.29 is 8.42 Å². The second kappa shape index (κ2) is 8.31. The number of rotatable bonds is 7. The van der Waals surface area contributed by atoms with E-state index < -0.39 is 10.0 Å². The first kappa shape index (κ1) is 19.4. The summed E-state index contributed by atoms with van der Waals surface area (Å²) in [6, 6.07) is 6.71. The summed E-state index contributed by atoms with van der Waals surface area (Å²) in [5, 5.41) is 0. The van der Waals surface area contributed by atoms with E-state index in [4.69, 9.17) is 5.73 Å². The van der Waals surface area contributed by atoms with Gasteiger partial charge in [-0.1, -0.05) is 12.1 Å². The Morgan fingerprint density at radius 1 is 1.17 bits per heavy atom. The van der Waals surface area contributed by atoms with E-state index in [-0.39, 0.29) is 10.9 Å². The lowest BCUT2D eigenvalue weighted by atomic mass is 10.2. The number of aliphatic imine (C=N–C) groups is 1. The maximum atomic E-state index is 12.4. The van der Waals surface area contributed by atoms with Crippen molar-refractivity contribution >= 4 is 16.0 Å². The molecule has 0 aromatic heterocycles. The molecule has 2 N–H and O–H groups in total. The standard InChI is InChI=1S/C16H28N4O2S/c1-6-20(7-2)16(17)18-12-14-8-10-15(11-9-14)23(21,22)19(5)13(3)4/h8-11,13H,6-7,12H2,1-5H3,(H2,17,18). The Kier molecular flexibility index (Phi) is 7.02. The number of hydrogen-bond donors (Lipinski definition) is 1. The van der Waals surface area contributed by atoms with Crippen LogP contribution in [-0.2, 0) is 16.6 Å². The fourth-order valence-corrected chi connectivity index (χ4v) is 3.40. The lowest BCUT2D eigenvalue weighted by Gasteiger charge is -2.21. The highest BCUT2D eigenvalue weighted by Gasteiger charge is 2.22. The lowest BCUT2D eigenvalue weighted by molar-refractivity contribution is 0.410. The second-order valence-electron chi connectivity index (χ2n) is 5.61. The molecule has 0 unspecified atom stereocenters. The van der Waals surface area contributed by atoms with Gasteiger partial charge in [0.1, 0.15) is 0 Å². The van der Waals surface area contributed by atoms with Gasteiger partial charge in [-0.3, -0.25) is 0 Å². The van der Waals surface area contributed by atoms with E-state index in [0.717, 1.165) is 18.7 Å². The molecule has 23 heavy (non-hydrogen) atoms. The molecule has 0 saturated carbocycles. The fraction of sp³-hybridized carbons (Fsp3) is 0.562. The van der Waals surface area contributed by atoms with Gasteiger partial charge in [0.25, 0.3) is 0 Å². The summed E-state index contributed by atoms with van der Waals surface area (Å²) in [6.45, 7) is 9.79. The van der Waals surface area contributed by atoms with Crippen molar-refractivity contribution in [3.8, 4) is 0 Å². The molecule has 0 bridgehead atoms. The summed E-state index contributed by atoms with van der Waals surface area (Å²) in [5.41, 5.74) is 6.85. The zero-order valence-electron chi connectivity index (χ0n) is 14.7. The van der Waals surface area contributed by atoms with Gasteiger partial charge in [-0.25, -0.2) is 13.4 Å². The third kappa shape index (κ3) is 4.94. The van der Waals surface area contributed by atoms with Crippen molar-refractivity contribution in [3.63, 3.8) is 0 Å². The number of guanidine groups is 1. The monoisotopic (exact) mass is 340 g/mol. The molecule has 7 heteroatoms. The van der Waals surface area contributed by atoms with Gasteiger partial charge in [0.2, 0.25) is 10.0 Å². The maximum Gasteiger partial charge on any atom is 0.243 e. The molecule has 0 fully saturated rings. The van der Waals surface area contributed by atoms with Crippen LogP contribution in [0.2, 0.25) is 0 Å². The third-order valence-corrected chi connectivity index (χ3v) is 5.89. The van der Waals surface area contributed by atoms with E-state index in [0.29, 0.717) is 12.5 Å². The molecule has 1 rings (SSSR count). The number of sulfonamides is 1. The Morgan fingerprint density at radius 3 is 2.13 bits per heavy atom. The maximum absolute atomic E-state index is 12.4. The van der Waals surface area contributed by atoms with Crippen LogP contribution in [0.4, 0.5) is 0 Å². The molecular weight excluding hydrogens is 312 g/mol. The van der Waals surface area contributed by atoms with Crippen LogP contribution in [-0.4, -0.2) is 49.8 Å². The fourth-order valence-electron chi connectivity index (χ4n) is 2.03. The van der Waals surface area contributed by atoms with Crippen LogP contribution in [0.1, 0.15) is 33.3 Å². The van der Waals surface area contributed by atoms with Gasteiger partial charge in [-0.2, -0.15) is 4.31 Å². The molecule has 6 nitrogen and oxygen atoms in total. The van der Waals surface area contributed by atoms with Crippen molar-refractivity contribution in [2.45, 2.75) is 45.2 Å². The average molecular weight is 340 g/mol. The van der Waals surface area contributed by atoms with Crippen LogP contribution in [0.15, 0.2) is 34.2 Å². The molecule has 0 aliphatic rings. The molecule has 0 aliphatic carbocycles. The predicted molar refractivity (Wildman–Crippen MR) is 94.8 cm³/mol. The summed E-state index contributed by atoms with van der Waals surface area (Å²) < 4.78 is 26.1. The first-order valence-electron chi connectivity index (χ1n) is 7.85. The van der Waals surface area contributed by atoms with Crippen molar-refractivity contribution in [1.82, 2.24) is 9.21 Å². The van der Waals surface area contributed by atoms with Crippen LogP contribution >= 0.6 is 0 Å². The van der Waals surface area contributed by atoms with Gasteiger partial charge in [-0.05, 0) is 45.4 Å². The highest BCUT2D eigenvalue weighted by atomic mass is 32.2. The zero-order valence-corrected chi connectivity index (χ0v) is 15.5. The molecule has 0 saturated heterocycles. The van der Waals surface area contributed by atoms with Crippen LogP contribution in [0.25, 0.3) is 0 Å². The Bertz CT molecular complexity index is 620. The summed E-state index contributed by atoms with van der Waals surface area (Å²) in [5.74, 6) is 0.506. The highest BCUT2D eigenvalue weighted by molar-refractivity contribution is 7.89. The van der Waals surface area contributed by atoms with Crippen LogP contribution in [0.5, 0.6) is 0 Å². The smallest absolute Gasteiger partial charge is 0.243 e. The summed E-state index contributed by atoms with van der Waals surface area (Å²) in [6.07, 6.45) is 0. The molecule has 0 atom stereocenters. The minimum absolute atomic E-state index is 0.0851. The molecule has 0 heterocycles. The number of nitrogens with zero attached hydrogens (tertiary/aromatic N) is 3. The van der Waals surface area contributed by atoms with Crippen LogP contribution < -0.4 is 5.73 Å². The Labute approximate surface area is 140 Å². The van der Waals surface area contributed by atoms with Crippen molar-refractivity contribution in [2.75, 3.05) is 20.1 Å². The first-order valence-corrected chi connectivity index (χ1v) is 9.29. The van der Waals surface area contributed by atoms with Gasteiger partial charge in [0.15, 0.2) is 5.96 Å². The Hall–Kier alpha value is -1.60. The Balaban J connectivity index is 2.88. The molecule has 130 valence electrons. The van der Waals surface area contributed by atoms with Crippen molar-refractivity contribution in [1.29, 1.82) is 0 Å². The second-order valence-corrected chi connectivity index (χ2v) is 7.60. The van der Waals surface area contributed by atoms with Gasteiger partial charge < -0.3 is 10.6 Å². The van der Waals surface area contributed by atoms with Gasteiger partial charge in [-0.15, -0.1) is 0 Å². The number of nitrogens with two attached hydrogens (primary N) is 1. The number of benzene rings is 1. The van der Waals surface area contributed by atoms with Crippen LogP contribution in [0, 0.1) is 0 Å². The van der Waals surface area contributed by atoms with Gasteiger partial charge >= 0.3 is 0 Å². The lowest BCUT2D eigenvalue weighted by Crippen LogP contribution is -2.37. The first-order chi connectivity index (χ1) is 10.7. The average Bonchev–Trinajstić information content (AvgIpc) is 2.53. The van der Waals surface area contributed by atoms with E-state index in [1.165, 1.54) is 4.31 Å². The van der Waals surface area contributed by atoms with E-state index in [1.54, 1.807) is 31.3 Å². The zero-order chi connectivity index (χ0) is 17.6. The third-order valence-electron chi connectivity index (χ3n) is 3.84. The van der Waals surface area contributed by atoms with Crippen molar-refractivity contribution in [3.05, 3.63) is 29.8 Å². The quantitative estimate of drug-likeness (QED) is 0.607.